The first kappa shape index (κ1) is 13.0. The summed E-state index contributed by atoms with van der Waals surface area (Å²) in [5, 5.41) is 10.2. The Kier molecular flexibility index (Phi) is 4.75. The summed E-state index contributed by atoms with van der Waals surface area (Å²) in [6.07, 6.45) is 0.613. The molecule has 0 amide bonds. The van der Waals surface area contributed by atoms with Crippen LogP contribution in [-0.4, -0.2) is 11.2 Å². The van der Waals surface area contributed by atoms with E-state index < -0.39 is 6.10 Å². The Bertz CT molecular complexity index is 329. The molecule has 0 heterocycles. The minimum absolute atomic E-state index is 0.156. The van der Waals surface area contributed by atoms with Gasteiger partial charge in [0.05, 0.1) is 6.10 Å². The third kappa shape index (κ3) is 2.96. The van der Waals surface area contributed by atoms with Crippen LogP contribution in [0.15, 0.2) is 42.5 Å². The van der Waals surface area contributed by atoms with Gasteiger partial charge in [-0.15, -0.1) is 0 Å². The lowest BCUT2D eigenvalue weighted by molar-refractivity contribution is 0.149. The van der Waals surface area contributed by atoms with Crippen LogP contribution >= 0.6 is 0 Å². The minimum atomic E-state index is -0.447. The molecule has 3 unspecified atom stereocenters. The van der Waals surface area contributed by atoms with Crippen LogP contribution in [0.5, 0.6) is 0 Å². The van der Waals surface area contributed by atoms with Crippen molar-refractivity contribution in [2.24, 2.45) is 5.92 Å². The van der Waals surface area contributed by atoms with Gasteiger partial charge in [-0.3, -0.25) is 0 Å². The average molecular weight is 218 g/mol. The number of aliphatic hydroxyl groups is 1. The Labute approximate surface area is 98.8 Å². The van der Waals surface area contributed by atoms with E-state index in [9.17, 15) is 5.11 Å². The van der Waals surface area contributed by atoms with E-state index in [2.05, 4.69) is 32.6 Å². The summed E-state index contributed by atoms with van der Waals surface area (Å²) >= 11 is 0. The molecule has 1 aromatic rings. The van der Waals surface area contributed by atoms with Crippen LogP contribution in [0.25, 0.3) is 0 Å². The van der Waals surface area contributed by atoms with E-state index in [1.807, 2.05) is 25.1 Å². The summed E-state index contributed by atoms with van der Waals surface area (Å²) in [5.74, 6) is 0.609. The van der Waals surface area contributed by atoms with Crippen molar-refractivity contribution in [3.63, 3.8) is 0 Å². The molecule has 0 saturated carbocycles. The third-order valence-electron chi connectivity index (χ3n) is 3.29. The van der Waals surface area contributed by atoms with E-state index in [0.717, 1.165) is 12.0 Å². The molecule has 0 aliphatic carbocycles. The topological polar surface area (TPSA) is 20.2 Å². The molecule has 1 nitrogen and oxygen atoms in total. The van der Waals surface area contributed by atoms with Gasteiger partial charge in [0.25, 0.3) is 0 Å². The number of rotatable bonds is 5. The summed E-state index contributed by atoms with van der Waals surface area (Å²) in [6, 6.07) is 10.2. The van der Waals surface area contributed by atoms with Gasteiger partial charge in [0.1, 0.15) is 0 Å². The van der Waals surface area contributed by atoms with Gasteiger partial charge in [-0.2, -0.15) is 0 Å². The Morgan fingerprint density at radius 3 is 2.31 bits per heavy atom. The molecule has 0 bridgehead atoms. The lowest BCUT2D eigenvalue weighted by Crippen LogP contribution is -2.25. The van der Waals surface area contributed by atoms with Crippen LogP contribution < -0.4 is 0 Å². The van der Waals surface area contributed by atoms with Crippen molar-refractivity contribution in [2.75, 3.05) is 0 Å². The van der Waals surface area contributed by atoms with Crippen LogP contribution in [-0.2, 0) is 0 Å². The molecule has 0 aromatic heterocycles. The lowest BCUT2D eigenvalue weighted by Gasteiger charge is -2.28. The highest BCUT2D eigenvalue weighted by Crippen LogP contribution is 2.32. The molecular formula is C15H22O. The van der Waals surface area contributed by atoms with E-state index in [0.29, 0.717) is 5.92 Å². The number of hydrogen-bond acceptors (Lipinski definition) is 1. The van der Waals surface area contributed by atoms with E-state index in [1.165, 1.54) is 5.56 Å². The Hall–Kier alpha value is -1.08. The van der Waals surface area contributed by atoms with E-state index in [-0.39, 0.29) is 5.92 Å². The smallest absolute Gasteiger partial charge is 0.0815 e. The zero-order valence-corrected chi connectivity index (χ0v) is 10.5. The van der Waals surface area contributed by atoms with Crippen LogP contribution in [0.2, 0.25) is 0 Å². The summed E-state index contributed by atoms with van der Waals surface area (Å²) < 4.78 is 0. The number of hydrogen-bond donors (Lipinski definition) is 1. The average Bonchev–Trinajstić information content (AvgIpc) is 2.30. The SMILES string of the molecule is C=C(C)C(O)C(c1ccccc1)C(C)CC. The van der Waals surface area contributed by atoms with Crippen molar-refractivity contribution in [1.29, 1.82) is 0 Å². The highest BCUT2D eigenvalue weighted by Gasteiger charge is 2.26. The van der Waals surface area contributed by atoms with Gasteiger partial charge in [0.15, 0.2) is 0 Å². The molecule has 1 aromatic carbocycles. The van der Waals surface area contributed by atoms with Gasteiger partial charge < -0.3 is 5.11 Å². The first-order chi connectivity index (χ1) is 7.57. The molecular weight excluding hydrogens is 196 g/mol. The summed E-state index contributed by atoms with van der Waals surface area (Å²) in [7, 11) is 0. The van der Waals surface area contributed by atoms with Gasteiger partial charge >= 0.3 is 0 Å². The van der Waals surface area contributed by atoms with Crippen LogP contribution in [0.4, 0.5) is 0 Å². The molecule has 16 heavy (non-hydrogen) atoms. The van der Waals surface area contributed by atoms with Crippen LogP contribution in [0, 0.1) is 5.92 Å². The standard InChI is InChI=1S/C15H22O/c1-5-12(4)14(15(16)11(2)3)13-9-7-6-8-10-13/h6-10,12,14-16H,2,5H2,1,3-4H3. The predicted octanol–water partition coefficient (Wildman–Crippen LogP) is 3.75. The van der Waals surface area contributed by atoms with Crippen molar-refractivity contribution < 1.29 is 5.11 Å². The highest BCUT2D eigenvalue weighted by molar-refractivity contribution is 5.24. The first-order valence-electron chi connectivity index (χ1n) is 5.96. The first-order valence-corrected chi connectivity index (χ1v) is 5.96. The summed E-state index contributed by atoms with van der Waals surface area (Å²) in [6.45, 7) is 10.1. The Morgan fingerprint density at radius 2 is 1.88 bits per heavy atom. The van der Waals surface area contributed by atoms with Gasteiger partial charge in [-0.05, 0) is 18.4 Å². The van der Waals surface area contributed by atoms with E-state index in [1.54, 1.807) is 0 Å². The maximum absolute atomic E-state index is 10.2. The Morgan fingerprint density at radius 1 is 1.31 bits per heavy atom. The second kappa shape index (κ2) is 5.86. The van der Waals surface area contributed by atoms with Crippen molar-refractivity contribution in [3.05, 3.63) is 48.0 Å². The number of benzene rings is 1. The number of aliphatic hydroxyl groups excluding tert-OH is 1. The molecule has 88 valence electrons. The molecule has 0 aliphatic rings. The van der Waals surface area contributed by atoms with Gasteiger partial charge in [-0.25, -0.2) is 0 Å². The maximum Gasteiger partial charge on any atom is 0.0815 e. The Balaban J connectivity index is 3.01. The van der Waals surface area contributed by atoms with E-state index in [4.69, 9.17) is 0 Å². The monoisotopic (exact) mass is 218 g/mol. The molecule has 1 heteroatoms. The second-order valence-corrected chi connectivity index (χ2v) is 4.61. The lowest BCUT2D eigenvalue weighted by atomic mass is 9.79. The fourth-order valence-corrected chi connectivity index (χ4v) is 2.06. The maximum atomic E-state index is 10.2. The van der Waals surface area contributed by atoms with Crippen molar-refractivity contribution in [2.45, 2.75) is 39.2 Å². The predicted molar refractivity (Wildman–Crippen MR) is 69.5 cm³/mol. The van der Waals surface area contributed by atoms with Crippen molar-refractivity contribution in [1.82, 2.24) is 0 Å². The van der Waals surface area contributed by atoms with Crippen LogP contribution in [0.1, 0.15) is 38.7 Å². The quantitative estimate of drug-likeness (QED) is 0.746. The van der Waals surface area contributed by atoms with Gasteiger partial charge in [-0.1, -0.05) is 62.8 Å². The molecule has 0 fully saturated rings. The molecule has 1 rings (SSSR count). The van der Waals surface area contributed by atoms with Crippen molar-refractivity contribution in [3.8, 4) is 0 Å². The van der Waals surface area contributed by atoms with E-state index >= 15 is 0 Å². The largest absolute Gasteiger partial charge is 0.388 e. The molecule has 0 radical (unpaired) electrons. The second-order valence-electron chi connectivity index (χ2n) is 4.61. The highest BCUT2D eigenvalue weighted by atomic mass is 16.3. The van der Waals surface area contributed by atoms with Gasteiger partial charge in [0.2, 0.25) is 0 Å². The molecule has 0 saturated heterocycles. The van der Waals surface area contributed by atoms with Gasteiger partial charge in [0, 0.05) is 5.92 Å². The third-order valence-corrected chi connectivity index (χ3v) is 3.29. The summed E-state index contributed by atoms with van der Waals surface area (Å²) in [5.41, 5.74) is 2.04. The molecule has 0 aliphatic heterocycles. The summed E-state index contributed by atoms with van der Waals surface area (Å²) in [4.78, 5) is 0. The van der Waals surface area contributed by atoms with Crippen molar-refractivity contribution >= 4 is 0 Å². The van der Waals surface area contributed by atoms with Crippen LogP contribution in [0.3, 0.4) is 0 Å². The zero-order chi connectivity index (χ0) is 12.1. The minimum Gasteiger partial charge on any atom is -0.388 e. The normalized spacial score (nSPS) is 16.5. The fourth-order valence-electron chi connectivity index (χ4n) is 2.06. The molecule has 1 N–H and O–H groups in total. The zero-order valence-electron chi connectivity index (χ0n) is 10.5. The molecule has 3 atom stereocenters. The molecule has 0 spiro atoms. The fraction of sp³-hybridized carbons (Fsp3) is 0.467.